The highest BCUT2D eigenvalue weighted by Crippen LogP contribution is 2.13. The van der Waals surface area contributed by atoms with Crippen LogP contribution in [-0.2, 0) is 9.59 Å². The van der Waals surface area contributed by atoms with Gasteiger partial charge < -0.3 is 15.7 Å². The summed E-state index contributed by atoms with van der Waals surface area (Å²) < 4.78 is 1.51. The predicted octanol–water partition coefficient (Wildman–Crippen LogP) is 1.87. The summed E-state index contributed by atoms with van der Waals surface area (Å²) in [5.41, 5.74) is 1.00. The maximum absolute atomic E-state index is 12.2. The van der Waals surface area contributed by atoms with Crippen molar-refractivity contribution < 1.29 is 19.5 Å². The van der Waals surface area contributed by atoms with Crippen molar-refractivity contribution in [1.82, 2.24) is 20.4 Å². The molecule has 8 nitrogen and oxygen atoms in total. The van der Waals surface area contributed by atoms with Gasteiger partial charge >= 0.3 is 5.97 Å². The fourth-order valence-corrected chi connectivity index (χ4v) is 2.50. The van der Waals surface area contributed by atoms with Gasteiger partial charge in [-0.05, 0) is 36.6 Å². The second-order valence-corrected chi connectivity index (χ2v) is 6.86. The minimum atomic E-state index is -1.10. The van der Waals surface area contributed by atoms with E-state index >= 15 is 0 Å². The Morgan fingerprint density at radius 2 is 1.89 bits per heavy atom. The van der Waals surface area contributed by atoms with Gasteiger partial charge in [0, 0.05) is 11.2 Å². The molecule has 1 atom stereocenters. The van der Waals surface area contributed by atoms with Crippen LogP contribution in [0.2, 0.25) is 5.02 Å². The third kappa shape index (κ3) is 6.10. The number of aliphatic carboxylic acids is 1. The topological polar surface area (TPSA) is 113 Å². The molecule has 9 heteroatoms. The fraction of sp³-hybridized carbons (Fsp3) is 0.333. The van der Waals surface area contributed by atoms with E-state index in [9.17, 15) is 14.4 Å². The zero-order valence-electron chi connectivity index (χ0n) is 15.0. The van der Waals surface area contributed by atoms with Gasteiger partial charge in [0.2, 0.25) is 5.91 Å². The lowest BCUT2D eigenvalue weighted by Crippen LogP contribution is -2.46. The summed E-state index contributed by atoms with van der Waals surface area (Å²) in [5, 5.41) is 18.7. The molecule has 2 aromatic rings. The number of hydrogen-bond acceptors (Lipinski definition) is 4. The van der Waals surface area contributed by atoms with Crippen molar-refractivity contribution in [3.8, 4) is 5.69 Å². The molecule has 27 heavy (non-hydrogen) atoms. The van der Waals surface area contributed by atoms with Gasteiger partial charge in [0.15, 0.2) is 0 Å². The maximum atomic E-state index is 12.2. The number of carboxylic acid groups (broad SMARTS) is 1. The van der Waals surface area contributed by atoms with Gasteiger partial charge in [-0.1, -0.05) is 25.4 Å². The molecule has 2 rings (SSSR count). The van der Waals surface area contributed by atoms with Crippen molar-refractivity contribution in [1.29, 1.82) is 0 Å². The highest BCUT2D eigenvalue weighted by Gasteiger charge is 2.21. The van der Waals surface area contributed by atoms with Gasteiger partial charge in [0.05, 0.1) is 24.0 Å². The summed E-state index contributed by atoms with van der Waals surface area (Å²) in [6.07, 6.45) is 3.21. The Kier molecular flexibility index (Phi) is 6.95. The molecular weight excluding hydrogens is 372 g/mol. The second-order valence-electron chi connectivity index (χ2n) is 6.42. The average Bonchev–Trinajstić information content (AvgIpc) is 3.09. The number of carbonyl (C=O) groups is 3. The summed E-state index contributed by atoms with van der Waals surface area (Å²) in [6.45, 7) is 3.40. The normalized spacial score (nSPS) is 11.9. The van der Waals surface area contributed by atoms with Crippen molar-refractivity contribution in [3.63, 3.8) is 0 Å². The Labute approximate surface area is 161 Å². The Morgan fingerprint density at radius 3 is 2.48 bits per heavy atom. The van der Waals surface area contributed by atoms with Gasteiger partial charge in [-0.25, -0.2) is 9.48 Å². The van der Waals surface area contributed by atoms with Crippen LogP contribution in [0.5, 0.6) is 0 Å². The lowest BCUT2D eigenvalue weighted by Gasteiger charge is -2.16. The minimum Gasteiger partial charge on any atom is -0.480 e. The van der Waals surface area contributed by atoms with E-state index in [0.29, 0.717) is 11.4 Å². The number of amides is 2. The molecule has 0 saturated carbocycles. The van der Waals surface area contributed by atoms with E-state index in [2.05, 4.69) is 15.7 Å². The third-order valence-electron chi connectivity index (χ3n) is 3.69. The Hall–Kier alpha value is -2.87. The van der Waals surface area contributed by atoms with Crippen LogP contribution >= 0.6 is 11.6 Å². The minimum absolute atomic E-state index is 0.111. The molecule has 0 aliphatic heterocycles. The van der Waals surface area contributed by atoms with E-state index in [4.69, 9.17) is 16.7 Å². The number of benzene rings is 1. The third-order valence-corrected chi connectivity index (χ3v) is 3.94. The van der Waals surface area contributed by atoms with Crippen LogP contribution in [0, 0.1) is 5.92 Å². The first-order valence-corrected chi connectivity index (χ1v) is 8.75. The lowest BCUT2D eigenvalue weighted by atomic mass is 10.0. The molecule has 0 aliphatic carbocycles. The lowest BCUT2D eigenvalue weighted by molar-refractivity contribution is -0.142. The van der Waals surface area contributed by atoms with Crippen molar-refractivity contribution in [2.24, 2.45) is 5.92 Å². The quantitative estimate of drug-likeness (QED) is 0.634. The first-order valence-electron chi connectivity index (χ1n) is 8.37. The molecule has 0 saturated heterocycles. The highest BCUT2D eigenvalue weighted by molar-refractivity contribution is 6.30. The van der Waals surface area contributed by atoms with Gasteiger partial charge in [-0.2, -0.15) is 5.10 Å². The Bertz CT molecular complexity index is 817. The van der Waals surface area contributed by atoms with Crippen LogP contribution in [-0.4, -0.2) is 45.3 Å². The zero-order valence-corrected chi connectivity index (χ0v) is 15.7. The van der Waals surface area contributed by atoms with Crippen LogP contribution in [0.25, 0.3) is 5.69 Å². The van der Waals surface area contributed by atoms with Gasteiger partial charge in [0.25, 0.3) is 5.91 Å². The molecule has 0 bridgehead atoms. The van der Waals surface area contributed by atoms with Crippen LogP contribution in [0.4, 0.5) is 0 Å². The summed E-state index contributed by atoms with van der Waals surface area (Å²) >= 11 is 5.84. The van der Waals surface area contributed by atoms with E-state index in [1.165, 1.54) is 17.1 Å². The number of aromatic nitrogens is 2. The fourth-order valence-electron chi connectivity index (χ4n) is 2.38. The number of carbonyl (C=O) groups excluding carboxylic acids is 2. The average molecular weight is 393 g/mol. The van der Waals surface area contributed by atoms with E-state index in [1.54, 1.807) is 24.3 Å². The van der Waals surface area contributed by atoms with Crippen molar-refractivity contribution in [2.75, 3.05) is 6.54 Å². The Balaban J connectivity index is 1.91. The first kappa shape index (κ1) is 20.4. The summed E-state index contributed by atoms with van der Waals surface area (Å²) in [6, 6.07) is 5.94. The predicted molar refractivity (Wildman–Crippen MR) is 99.9 cm³/mol. The molecule has 2 amide bonds. The van der Waals surface area contributed by atoms with Gasteiger partial charge in [0.1, 0.15) is 6.04 Å². The van der Waals surface area contributed by atoms with Crippen molar-refractivity contribution >= 4 is 29.4 Å². The number of nitrogens with zero attached hydrogens (tertiary/aromatic N) is 2. The van der Waals surface area contributed by atoms with Crippen LogP contribution < -0.4 is 10.6 Å². The molecule has 1 heterocycles. The molecule has 0 radical (unpaired) electrons. The SMILES string of the molecule is CC(C)C[C@H](NC(=O)CNC(=O)c1cnn(-c2ccc(Cl)cc2)c1)C(=O)O. The van der Waals surface area contributed by atoms with Crippen LogP contribution in [0.1, 0.15) is 30.6 Å². The Morgan fingerprint density at radius 1 is 1.22 bits per heavy atom. The number of hydrogen-bond donors (Lipinski definition) is 3. The van der Waals surface area contributed by atoms with Crippen LogP contribution in [0.3, 0.4) is 0 Å². The summed E-state index contributed by atoms with van der Waals surface area (Å²) in [7, 11) is 0. The molecule has 1 aromatic carbocycles. The summed E-state index contributed by atoms with van der Waals surface area (Å²) in [4.78, 5) is 35.2. The van der Waals surface area contributed by atoms with E-state index in [1.807, 2.05) is 13.8 Å². The second kappa shape index (κ2) is 9.18. The van der Waals surface area contributed by atoms with E-state index < -0.39 is 23.8 Å². The molecular formula is C18H21ClN4O4. The largest absolute Gasteiger partial charge is 0.480 e. The number of carboxylic acids is 1. The smallest absolute Gasteiger partial charge is 0.326 e. The molecule has 0 fully saturated rings. The molecule has 144 valence electrons. The number of rotatable bonds is 8. The molecule has 0 spiro atoms. The maximum Gasteiger partial charge on any atom is 0.326 e. The standard InChI is InChI=1S/C18H21ClN4O4/c1-11(2)7-15(18(26)27)22-16(24)9-20-17(25)12-8-21-23(10-12)14-5-3-13(19)4-6-14/h3-6,8,10-11,15H,7,9H2,1-2H3,(H,20,25)(H,22,24)(H,26,27)/t15-/m0/s1. The van der Waals surface area contributed by atoms with Gasteiger partial charge in [-0.15, -0.1) is 0 Å². The monoisotopic (exact) mass is 392 g/mol. The van der Waals surface area contributed by atoms with Crippen molar-refractivity contribution in [3.05, 3.63) is 47.2 Å². The summed E-state index contributed by atoms with van der Waals surface area (Å²) in [5.74, 6) is -2.05. The van der Waals surface area contributed by atoms with E-state index in [0.717, 1.165) is 5.69 Å². The van der Waals surface area contributed by atoms with Crippen LogP contribution in [0.15, 0.2) is 36.7 Å². The van der Waals surface area contributed by atoms with E-state index in [-0.39, 0.29) is 18.0 Å². The first-order chi connectivity index (χ1) is 12.8. The van der Waals surface area contributed by atoms with Crippen molar-refractivity contribution in [2.45, 2.75) is 26.3 Å². The molecule has 0 aliphatic rings. The molecule has 0 unspecified atom stereocenters. The molecule has 3 N–H and O–H groups in total. The highest BCUT2D eigenvalue weighted by atomic mass is 35.5. The number of halogens is 1. The number of nitrogens with one attached hydrogen (secondary N) is 2. The molecule has 1 aromatic heterocycles. The zero-order chi connectivity index (χ0) is 20.0. The van der Waals surface area contributed by atoms with Gasteiger partial charge in [-0.3, -0.25) is 9.59 Å².